The van der Waals surface area contributed by atoms with Crippen LogP contribution in [0.2, 0.25) is 5.02 Å². The first kappa shape index (κ1) is 15.5. The van der Waals surface area contributed by atoms with Crippen molar-refractivity contribution in [2.45, 2.75) is 32.9 Å². The van der Waals surface area contributed by atoms with Crippen LogP contribution in [0.4, 0.5) is 4.39 Å². The van der Waals surface area contributed by atoms with Crippen LogP contribution in [-0.4, -0.2) is 14.9 Å². The molecule has 0 aliphatic heterocycles. The Balaban J connectivity index is 2.35. The van der Waals surface area contributed by atoms with E-state index >= 15 is 0 Å². The fraction of sp³-hybridized carbons (Fsp3) is 0.357. The van der Waals surface area contributed by atoms with Crippen molar-refractivity contribution < 1.29 is 9.50 Å². The summed E-state index contributed by atoms with van der Waals surface area (Å²) in [6, 6.07) is 4.61. The molecule has 108 valence electrons. The van der Waals surface area contributed by atoms with E-state index in [1.54, 1.807) is 16.8 Å². The normalized spacial score (nSPS) is 12.7. The summed E-state index contributed by atoms with van der Waals surface area (Å²) in [6.07, 6.45) is -0.767. The number of nitrogens with zero attached hydrogens (tertiary/aromatic N) is 2. The van der Waals surface area contributed by atoms with Gasteiger partial charge in [0.2, 0.25) is 0 Å². The Bertz CT molecular complexity index is 610. The van der Waals surface area contributed by atoms with Crippen LogP contribution in [0.1, 0.15) is 30.0 Å². The molecule has 0 spiro atoms. The molecule has 0 fully saturated rings. The Morgan fingerprint density at radius 2 is 2.20 bits per heavy atom. The molecule has 1 heterocycles. The molecule has 20 heavy (non-hydrogen) atoms. The van der Waals surface area contributed by atoms with Gasteiger partial charge >= 0.3 is 0 Å². The Morgan fingerprint density at radius 3 is 2.80 bits per heavy atom. The Morgan fingerprint density at radius 1 is 1.50 bits per heavy atom. The molecule has 1 aromatic carbocycles. The molecule has 0 saturated carbocycles. The largest absolute Gasteiger partial charge is 0.388 e. The van der Waals surface area contributed by atoms with Gasteiger partial charge in [-0.2, -0.15) is 5.10 Å². The van der Waals surface area contributed by atoms with E-state index in [-0.39, 0.29) is 12.0 Å². The van der Waals surface area contributed by atoms with Crippen LogP contribution >= 0.6 is 27.5 Å². The second-order valence-electron chi connectivity index (χ2n) is 4.52. The third-order valence-corrected chi connectivity index (χ3v) is 4.36. The highest BCUT2D eigenvalue weighted by Gasteiger charge is 2.21. The Hall–Kier alpha value is -0.910. The van der Waals surface area contributed by atoms with E-state index in [0.717, 1.165) is 0 Å². The lowest BCUT2D eigenvalue weighted by atomic mass is 10.0. The molecular formula is C14H15BrClFN2O. The maximum absolute atomic E-state index is 13.8. The molecule has 2 rings (SSSR count). The minimum absolute atomic E-state index is 0.215. The number of halogens is 3. The first-order valence-electron chi connectivity index (χ1n) is 6.29. The second-order valence-corrected chi connectivity index (χ2v) is 5.75. The number of aliphatic hydroxyl groups excluding tert-OH is 1. The number of hydrogen-bond acceptors (Lipinski definition) is 2. The van der Waals surface area contributed by atoms with Crippen molar-refractivity contribution in [2.24, 2.45) is 0 Å². The molecule has 1 N–H and O–H groups in total. The highest BCUT2D eigenvalue weighted by molar-refractivity contribution is 9.10. The third-order valence-electron chi connectivity index (χ3n) is 3.17. The van der Waals surface area contributed by atoms with Crippen LogP contribution in [0.5, 0.6) is 0 Å². The number of aryl methyl sites for hydroxylation is 2. The molecule has 1 aromatic heterocycles. The molecule has 0 saturated heterocycles. The molecule has 6 heteroatoms. The van der Waals surface area contributed by atoms with Gasteiger partial charge in [-0.1, -0.05) is 33.6 Å². The second kappa shape index (κ2) is 6.24. The number of rotatable bonds is 4. The fourth-order valence-corrected chi connectivity index (χ4v) is 3.00. The summed E-state index contributed by atoms with van der Waals surface area (Å²) >= 11 is 9.47. The van der Waals surface area contributed by atoms with Crippen LogP contribution in [0, 0.1) is 12.7 Å². The summed E-state index contributed by atoms with van der Waals surface area (Å²) in [5.41, 5.74) is 1.67. The van der Waals surface area contributed by atoms with Crippen molar-refractivity contribution in [3.8, 4) is 0 Å². The zero-order chi connectivity index (χ0) is 14.9. The van der Waals surface area contributed by atoms with Crippen LogP contribution in [0.3, 0.4) is 0 Å². The molecule has 1 atom stereocenters. The first-order valence-corrected chi connectivity index (χ1v) is 7.46. The maximum Gasteiger partial charge on any atom is 0.130 e. The average Bonchev–Trinajstić information content (AvgIpc) is 2.66. The standard InChI is InChI=1S/C14H15BrClFN2O/c1-3-19-11(14(16)8(2)18-19)7-12(20)13-9(15)5-4-6-10(13)17/h4-6,12,20H,3,7H2,1-2H3. The number of aliphatic hydroxyl groups is 1. The van der Waals surface area contributed by atoms with Crippen molar-refractivity contribution in [1.82, 2.24) is 9.78 Å². The summed E-state index contributed by atoms with van der Waals surface area (Å²) in [4.78, 5) is 0. The van der Waals surface area contributed by atoms with Crippen molar-refractivity contribution in [1.29, 1.82) is 0 Å². The van der Waals surface area contributed by atoms with Gasteiger partial charge in [0.1, 0.15) is 5.82 Å². The maximum atomic E-state index is 13.8. The lowest BCUT2D eigenvalue weighted by Crippen LogP contribution is -2.10. The average molecular weight is 362 g/mol. The van der Waals surface area contributed by atoms with Crippen molar-refractivity contribution in [3.63, 3.8) is 0 Å². The van der Waals surface area contributed by atoms with E-state index in [1.165, 1.54) is 6.07 Å². The lowest BCUT2D eigenvalue weighted by Gasteiger charge is -2.15. The summed E-state index contributed by atoms with van der Waals surface area (Å²) in [7, 11) is 0. The van der Waals surface area contributed by atoms with E-state index in [1.807, 2.05) is 13.8 Å². The smallest absolute Gasteiger partial charge is 0.130 e. The summed E-state index contributed by atoms with van der Waals surface area (Å²) in [5, 5.41) is 15.1. The van der Waals surface area contributed by atoms with Gasteiger partial charge in [0.05, 0.1) is 22.5 Å². The molecule has 0 aliphatic rings. The van der Waals surface area contributed by atoms with Crippen LogP contribution < -0.4 is 0 Å². The van der Waals surface area contributed by atoms with E-state index in [4.69, 9.17) is 11.6 Å². The fourth-order valence-electron chi connectivity index (χ4n) is 2.18. The topological polar surface area (TPSA) is 38.0 Å². The summed E-state index contributed by atoms with van der Waals surface area (Å²) in [5.74, 6) is -0.442. The van der Waals surface area contributed by atoms with Gasteiger partial charge in [0.15, 0.2) is 0 Å². The SMILES string of the molecule is CCn1nc(C)c(Cl)c1CC(O)c1c(F)cccc1Br. The van der Waals surface area contributed by atoms with E-state index in [0.29, 0.717) is 27.4 Å². The van der Waals surface area contributed by atoms with E-state index in [9.17, 15) is 9.50 Å². The monoisotopic (exact) mass is 360 g/mol. The van der Waals surface area contributed by atoms with Crippen LogP contribution in [0.15, 0.2) is 22.7 Å². The van der Waals surface area contributed by atoms with Gasteiger partial charge in [-0.15, -0.1) is 0 Å². The highest BCUT2D eigenvalue weighted by Crippen LogP contribution is 2.31. The summed E-state index contributed by atoms with van der Waals surface area (Å²) in [6.45, 7) is 4.40. The van der Waals surface area contributed by atoms with Gasteiger partial charge in [-0.3, -0.25) is 4.68 Å². The molecule has 0 aliphatic carbocycles. The molecule has 0 bridgehead atoms. The van der Waals surface area contributed by atoms with Crippen molar-refractivity contribution in [2.75, 3.05) is 0 Å². The molecule has 2 aromatic rings. The highest BCUT2D eigenvalue weighted by atomic mass is 79.9. The van der Waals surface area contributed by atoms with E-state index < -0.39 is 11.9 Å². The quantitative estimate of drug-likeness (QED) is 0.892. The zero-order valence-electron chi connectivity index (χ0n) is 11.2. The number of hydrogen-bond donors (Lipinski definition) is 1. The molecule has 0 radical (unpaired) electrons. The van der Waals surface area contributed by atoms with Crippen LogP contribution in [-0.2, 0) is 13.0 Å². The predicted molar refractivity (Wildman–Crippen MR) is 80.4 cm³/mol. The van der Waals surface area contributed by atoms with Gasteiger partial charge < -0.3 is 5.11 Å². The van der Waals surface area contributed by atoms with Crippen molar-refractivity contribution >= 4 is 27.5 Å². The van der Waals surface area contributed by atoms with Gasteiger partial charge in [0, 0.05) is 23.0 Å². The predicted octanol–water partition coefficient (Wildman–Crippen LogP) is 4.04. The van der Waals surface area contributed by atoms with E-state index in [2.05, 4.69) is 21.0 Å². The Kier molecular flexibility index (Phi) is 4.83. The minimum atomic E-state index is -0.982. The number of aromatic nitrogens is 2. The van der Waals surface area contributed by atoms with Crippen molar-refractivity contribution in [3.05, 3.63) is 50.5 Å². The molecule has 0 amide bonds. The molecular weight excluding hydrogens is 347 g/mol. The van der Waals surface area contributed by atoms with Gasteiger partial charge in [0.25, 0.3) is 0 Å². The third kappa shape index (κ3) is 2.90. The zero-order valence-corrected chi connectivity index (χ0v) is 13.5. The summed E-state index contributed by atoms with van der Waals surface area (Å²) < 4.78 is 16.1. The van der Waals surface area contributed by atoms with Gasteiger partial charge in [-0.25, -0.2) is 4.39 Å². The number of benzene rings is 1. The molecule has 1 unspecified atom stereocenters. The van der Waals surface area contributed by atoms with Crippen LogP contribution in [0.25, 0.3) is 0 Å². The molecule has 3 nitrogen and oxygen atoms in total. The van der Waals surface area contributed by atoms with Gasteiger partial charge in [-0.05, 0) is 26.0 Å². The lowest BCUT2D eigenvalue weighted by molar-refractivity contribution is 0.170. The first-order chi connectivity index (χ1) is 9.45. The Labute approximate surface area is 130 Å². The minimum Gasteiger partial charge on any atom is -0.388 e.